The molecule has 0 heterocycles. The molecule has 0 aliphatic heterocycles. The van der Waals surface area contributed by atoms with E-state index in [9.17, 15) is 5.11 Å². The molecule has 2 aromatic carbocycles. The largest absolute Gasteiger partial charge is 0.384 e. The predicted octanol–water partition coefficient (Wildman–Crippen LogP) is 3.75. The van der Waals surface area contributed by atoms with Gasteiger partial charge in [-0.2, -0.15) is 0 Å². The van der Waals surface area contributed by atoms with Crippen LogP contribution in [0.2, 0.25) is 10.0 Å². The Balaban J connectivity index is 1.94. The molecule has 5 heteroatoms. The van der Waals surface area contributed by atoms with Crippen molar-refractivity contribution in [3.05, 3.63) is 69.7 Å². The van der Waals surface area contributed by atoms with E-state index in [1.165, 1.54) is 0 Å². The summed E-state index contributed by atoms with van der Waals surface area (Å²) in [5.41, 5.74) is 6.30. The molecule has 0 bridgehead atoms. The molecule has 0 saturated carbocycles. The highest BCUT2D eigenvalue weighted by atomic mass is 35.5. The van der Waals surface area contributed by atoms with Gasteiger partial charge in [0.05, 0.1) is 23.3 Å². The number of aliphatic hydroxyl groups is 1. The van der Waals surface area contributed by atoms with Crippen LogP contribution in [0.1, 0.15) is 17.5 Å². The number of hydrogen-bond acceptors (Lipinski definition) is 3. The van der Waals surface area contributed by atoms with Crippen LogP contribution >= 0.6 is 23.2 Å². The van der Waals surface area contributed by atoms with Crippen molar-refractivity contribution in [3.8, 4) is 0 Å². The van der Waals surface area contributed by atoms with Gasteiger partial charge in [0.15, 0.2) is 0 Å². The number of hydrogen-bond donors (Lipinski definition) is 2. The number of rotatable bonds is 7. The lowest BCUT2D eigenvalue weighted by molar-refractivity contribution is -0.000687. The van der Waals surface area contributed by atoms with Crippen molar-refractivity contribution >= 4 is 23.2 Å². The number of halogens is 2. The molecule has 0 aliphatic rings. The van der Waals surface area contributed by atoms with Crippen LogP contribution < -0.4 is 5.73 Å². The minimum absolute atomic E-state index is 0.0830. The highest BCUT2D eigenvalue weighted by Crippen LogP contribution is 2.30. The zero-order chi connectivity index (χ0) is 16.0. The maximum absolute atomic E-state index is 10.7. The molecule has 2 aromatic rings. The standard InChI is InChI=1S/C17H19Cl2NO2/c18-15-7-6-14(10-16(15)19)17(21,12-20)8-9-22-11-13-4-2-1-3-5-13/h1-7,10,21H,8-9,11-12,20H2. The molecule has 0 aromatic heterocycles. The second-order valence-electron chi connectivity index (χ2n) is 5.15. The average molecular weight is 340 g/mol. The normalized spacial score (nSPS) is 13.8. The van der Waals surface area contributed by atoms with Gasteiger partial charge in [-0.05, 0) is 23.3 Å². The van der Waals surface area contributed by atoms with Gasteiger partial charge in [0.2, 0.25) is 0 Å². The topological polar surface area (TPSA) is 55.5 Å². The third kappa shape index (κ3) is 4.45. The molecule has 1 atom stereocenters. The van der Waals surface area contributed by atoms with Crippen LogP contribution in [0.5, 0.6) is 0 Å². The summed E-state index contributed by atoms with van der Waals surface area (Å²) in [6.45, 7) is 0.978. The molecule has 2 rings (SSSR count). The fourth-order valence-corrected chi connectivity index (χ4v) is 2.45. The number of nitrogens with two attached hydrogens (primary N) is 1. The Hall–Kier alpha value is -1.10. The quantitative estimate of drug-likeness (QED) is 0.755. The zero-order valence-electron chi connectivity index (χ0n) is 12.1. The maximum atomic E-state index is 10.7. The molecule has 0 radical (unpaired) electrons. The lowest BCUT2D eigenvalue weighted by Gasteiger charge is -2.27. The van der Waals surface area contributed by atoms with Crippen LogP contribution in [-0.4, -0.2) is 18.3 Å². The molecule has 3 nitrogen and oxygen atoms in total. The summed E-state index contributed by atoms with van der Waals surface area (Å²) in [5.74, 6) is 0. The van der Waals surface area contributed by atoms with Crippen LogP contribution in [0, 0.1) is 0 Å². The first kappa shape index (κ1) is 17.3. The summed E-state index contributed by atoms with van der Waals surface area (Å²) in [5, 5.41) is 11.5. The van der Waals surface area contributed by atoms with Crippen molar-refractivity contribution in [2.45, 2.75) is 18.6 Å². The van der Waals surface area contributed by atoms with E-state index in [1.54, 1.807) is 18.2 Å². The van der Waals surface area contributed by atoms with Crippen molar-refractivity contribution < 1.29 is 9.84 Å². The molecule has 3 N–H and O–H groups in total. The van der Waals surface area contributed by atoms with Crippen LogP contribution in [0.4, 0.5) is 0 Å². The first-order valence-electron chi connectivity index (χ1n) is 7.05. The third-order valence-electron chi connectivity index (χ3n) is 3.57. The molecule has 1 unspecified atom stereocenters. The summed E-state index contributed by atoms with van der Waals surface area (Å²) in [6.07, 6.45) is 0.383. The van der Waals surface area contributed by atoms with Crippen molar-refractivity contribution in [2.75, 3.05) is 13.2 Å². The van der Waals surface area contributed by atoms with E-state index in [2.05, 4.69) is 0 Å². The summed E-state index contributed by atoms with van der Waals surface area (Å²) >= 11 is 11.9. The predicted molar refractivity (Wildman–Crippen MR) is 90.1 cm³/mol. The Morgan fingerprint density at radius 2 is 1.77 bits per heavy atom. The molecule has 0 amide bonds. The van der Waals surface area contributed by atoms with E-state index in [-0.39, 0.29) is 6.54 Å². The number of benzene rings is 2. The molecular weight excluding hydrogens is 321 g/mol. The summed E-state index contributed by atoms with van der Waals surface area (Å²) in [6, 6.07) is 14.9. The van der Waals surface area contributed by atoms with E-state index < -0.39 is 5.60 Å². The molecule has 118 valence electrons. The average Bonchev–Trinajstić information content (AvgIpc) is 2.55. The van der Waals surface area contributed by atoms with Crippen molar-refractivity contribution in [3.63, 3.8) is 0 Å². The Morgan fingerprint density at radius 3 is 2.41 bits per heavy atom. The maximum Gasteiger partial charge on any atom is 0.104 e. The Kier molecular flexibility index (Phi) is 6.24. The monoisotopic (exact) mass is 339 g/mol. The van der Waals surface area contributed by atoms with Crippen LogP contribution in [0.15, 0.2) is 48.5 Å². The Labute approximate surface area is 140 Å². The second kappa shape index (κ2) is 7.95. The molecule has 0 spiro atoms. The van der Waals surface area contributed by atoms with Gasteiger partial charge in [-0.15, -0.1) is 0 Å². The molecule has 0 saturated heterocycles. The molecule has 0 aliphatic carbocycles. The third-order valence-corrected chi connectivity index (χ3v) is 4.31. The van der Waals surface area contributed by atoms with Gasteiger partial charge in [-0.1, -0.05) is 59.6 Å². The zero-order valence-corrected chi connectivity index (χ0v) is 13.6. The fourth-order valence-electron chi connectivity index (χ4n) is 2.16. The van der Waals surface area contributed by atoms with Crippen molar-refractivity contribution in [1.29, 1.82) is 0 Å². The SMILES string of the molecule is NCC(O)(CCOCc1ccccc1)c1ccc(Cl)c(Cl)c1. The van der Waals surface area contributed by atoms with Crippen LogP contribution in [-0.2, 0) is 16.9 Å². The Bertz CT molecular complexity index is 607. The van der Waals surface area contributed by atoms with Gasteiger partial charge < -0.3 is 15.6 Å². The molecular formula is C17H19Cl2NO2. The summed E-state index contributed by atoms with van der Waals surface area (Å²) in [7, 11) is 0. The number of ether oxygens (including phenoxy) is 1. The Morgan fingerprint density at radius 1 is 1.05 bits per heavy atom. The van der Waals surface area contributed by atoms with Gasteiger partial charge in [0.25, 0.3) is 0 Å². The van der Waals surface area contributed by atoms with E-state index >= 15 is 0 Å². The summed E-state index contributed by atoms with van der Waals surface area (Å²) < 4.78 is 5.62. The molecule has 0 fully saturated rings. The van der Waals surface area contributed by atoms with E-state index in [1.807, 2.05) is 30.3 Å². The van der Waals surface area contributed by atoms with Gasteiger partial charge in [0, 0.05) is 13.0 Å². The fraction of sp³-hybridized carbons (Fsp3) is 0.294. The minimum atomic E-state index is -1.18. The lowest BCUT2D eigenvalue weighted by Crippen LogP contribution is -2.36. The van der Waals surface area contributed by atoms with Crippen molar-refractivity contribution in [1.82, 2.24) is 0 Å². The highest BCUT2D eigenvalue weighted by molar-refractivity contribution is 6.42. The smallest absolute Gasteiger partial charge is 0.104 e. The van der Waals surface area contributed by atoms with Gasteiger partial charge >= 0.3 is 0 Å². The van der Waals surface area contributed by atoms with Gasteiger partial charge in [-0.3, -0.25) is 0 Å². The second-order valence-corrected chi connectivity index (χ2v) is 5.97. The minimum Gasteiger partial charge on any atom is -0.384 e. The van der Waals surface area contributed by atoms with Crippen molar-refractivity contribution in [2.24, 2.45) is 5.73 Å². The van der Waals surface area contributed by atoms with Crippen LogP contribution in [0.25, 0.3) is 0 Å². The van der Waals surface area contributed by atoms with Crippen LogP contribution in [0.3, 0.4) is 0 Å². The molecule has 22 heavy (non-hydrogen) atoms. The van der Waals surface area contributed by atoms with E-state index in [0.29, 0.717) is 35.2 Å². The highest BCUT2D eigenvalue weighted by Gasteiger charge is 2.28. The first-order chi connectivity index (χ1) is 10.5. The first-order valence-corrected chi connectivity index (χ1v) is 7.80. The van der Waals surface area contributed by atoms with E-state index in [4.69, 9.17) is 33.7 Å². The summed E-state index contributed by atoms with van der Waals surface area (Å²) in [4.78, 5) is 0. The lowest BCUT2D eigenvalue weighted by atomic mass is 9.91. The van der Waals surface area contributed by atoms with E-state index in [0.717, 1.165) is 5.56 Å². The van der Waals surface area contributed by atoms with Gasteiger partial charge in [-0.25, -0.2) is 0 Å². The van der Waals surface area contributed by atoms with Gasteiger partial charge in [0.1, 0.15) is 5.60 Å².